The van der Waals surface area contributed by atoms with E-state index >= 15 is 0 Å². The van der Waals surface area contributed by atoms with E-state index in [9.17, 15) is 0 Å². The van der Waals surface area contributed by atoms with E-state index in [1.54, 1.807) is 6.20 Å². The predicted octanol–water partition coefficient (Wildman–Crippen LogP) is 2.31. The number of nitrogens with zero attached hydrogens (tertiary/aromatic N) is 1. The summed E-state index contributed by atoms with van der Waals surface area (Å²) in [6.07, 6.45) is 1.80. The monoisotopic (exact) mass is 234 g/mol. The normalized spacial score (nSPS) is 9.62. The molecule has 0 atom stereocenters. The first-order chi connectivity index (χ1) is 6.40. The van der Waals surface area contributed by atoms with Gasteiger partial charge in [-0.05, 0) is 18.2 Å². The lowest BCUT2D eigenvalue weighted by Gasteiger charge is -1.89. The minimum absolute atomic E-state index is 0.702. The van der Waals surface area contributed by atoms with Gasteiger partial charge in [-0.1, -0.05) is 27.8 Å². The van der Waals surface area contributed by atoms with Crippen LogP contribution < -0.4 is 0 Å². The molecule has 3 heteroatoms. The van der Waals surface area contributed by atoms with Crippen molar-refractivity contribution in [2.45, 2.75) is 0 Å². The van der Waals surface area contributed by atoms with Crippen LogP contribution in [0.1, 0.15) is 5.56 Å². The third-order valence-electron chi connectivity index (χ3n) is 1.74. The van der Waals surface area contributed by atoms with E-state index in [0.717, 1.165) is 16.5 Å². The molecule has 0 radical (unpaired) electrons. The van der Waals surface area contributed by atoms with Gasteiger partial charge in [-0.3, -0.25) is 5.10 Å². The lowest BCUT2D eigenvalue weighted by Crippen LogP contribution is -1.74. The fraction of sp³-hybridized carbons (Fsp3) is 0.100. The highest BCUT2D eigenvalue weighted by Crippen LogP contribution is 2.11. The van der Waals surface area contributed by atoms with Crippen LogP contribution in [-0.2, 0) is 0 Å². The molecule has 0 spiro atoms. The summed E-state index contributed by atoms with van der Waals surface area (Å²) in [7, 11) is 0. The lowest BCUT2D eigenvalue weighted by atomic mass is 10.2. The predicted molar refractivity (Wildman–Crippen MR) is 56.8 cm³/mol. The highest BCUT2D eigenvalue weighted by Gasteiger charge is 1.94. The molecule has 2 rings (SSSR count). The molecule has 1 N–H and O–H groups in total. The first-order valence-corrected chi connectivity index (χ1v) is 5.00. The van der Waals surface area contributed by atoms with Crippen molar-refractivity contribution in [3.05, 3.63) is 30.0 Å². The minimum Gasteiger partial charge on any atom is -0.278 e. The highest BCUT2D eigenvalue weighted by molar-refractivity contribution is 9.09. The van der Waals surface area contributed by atoms with Gasteiger partial charge in [0, 0.05) is 10.9 Å². The zero-order valence-corrected chi connectivity index (χ0v) is 8.43. The SMILES string of the molecule is BrCC#Cc1ccc2cn[nH]c2c1. The summed E-state index contributed by atoms with van der Waals surface area (Å²) in [5.74, 6) is 5.99. The fourth-order valence-electron chi connectivity index (χ4n) is 1.15. The third kappa shape index (κ3) is 1.73. The van der Waals surface area contributed by atoms with Crippen LogP contribution in [0.2, 0.25) is 0 Å². The van der Waals surface area contributed by atoms with Crippen LogP contribution in [0.3, 0.4) is 0 Å². The molecule has 0 aliphatic heterocycles. The van der Waals surface area contributed by atoms with E-state index in [-0.39, 0.29) is 0 Å². The van der Waals surface area contributed by atoms with Crippen LogP contribution in [0.4, 0.5) is 0 Å². The van der Waals surface area contributed by atoms with Crippen molar-refractivity contribution in [3.8, 4) is 11.8 Å². The topological polar surface area (TPSA) is 28.7 Å². The summed E-state index contributed by atoms with van der Waals surface area (Å²) in [6, 6.07) is 6.00. The van der Waals surface area contributed by atoms with Gasteiger partial charge in [0.25, 0.3) is 0 Å². The Morgan fingerprint density at radius 1 is 1.46 bits per heavy atom. The number of hydrogen-bond donors (Lipinski definition) is 1. The van der Waals surface area contributed by atoms with Crippen molar-refractivity contribution in [2.75, 3.05) is 5.33 Å². The number of halogens is 1. The van der Waals surface area contributed by atoms with Crippen LogP contribution in [0.15, 0.2) is 24.4 Å². The molecule has 1 aromatic heterocycles. The first kappa shape index (κ1) is 8.33. The second-order valence-electron chi connectivity index (χ2n) is 2.61. The molecule has 0 saturated heterocycles. The Hall–Kier alpha value is -1.27. The van der Waals surface area contributed by atoms with E-state index in [0.29, 0.717) is 5.33 Å². The van der Waals surface area contributed by atoms with Crippen LogP contribution in [0.5, 0.6) is 0 Å². The molecule has 0 aliphatic carbocycles. The van der Waals surface area contributed by atoms with Gasteiger partial charge in [-0.15, -0.1) is 0 Å². The van der Waals surface area contributed by atoms with Crippen molar-refractivity contribution in [3.63, 3.8) is 0 Å². The Bertz CT molecular complexity index is 476. The molecule has 0 unspecified atom stereocenters. The van der Waals surface area contributed by atoms with Crippen molar-refractivity contribution < 1.29 is 0 Å². The number of rotatable bonds is 0. The number of H-pyrrole nitrogens is 1. The van der Waals surface area contributed by atoms with Gasteiger partial charge in [0.1, 0.15) is 0 Å². The maximum absolute atomic E-state index is 3.94. The maximum atomic E-state index is 3.94. The molecule has 0 amide bonds. The van der Waals surface area contributed by atoms with Gasteiger partial charge in [0.15, 0.2) is 0 Å². The summed E-state index contributed by atoms with van der Waals surface area (Å²) >= 11 is 3.26. The zero-order chi connectivity index (χ0) is 9.10. The molecule has 2 nitrogen and oxygen atoms in total. The average Bonchev–Trinajstić information content (AvgIpc) is 2.61. The number of fused-ring (bicyclic) bond motifs is 1. The highest BCUT2D eigenvalue weighted by atomic mass is 79.9. The van der Waals surface area contributed by atoms with Crippen LogP contribution >= 0.6 is 15.9 Å². The van der Waals surface area contributed by atoms with E-state index < -0.39 is 0 Å². The quantitative estimate of drug-likeness (QED) is 0.550. The number of aromatic nitrogens is 2. The van der Waals surface area contributed by atoms with Crippen molar-refractivity contribution in [1.82, 2.24) is 10.2 Å². The first-order valence-electron chi connectivity index (χ1n) is 3.88. The standard InChI is InChI=1S/C10H7BrN2/c11-5-1-2-8-3-4-9-7-12-13-10(9)6-8/h3-4,6-7H,5H2,(H,12,13). The molecule has 0 aliphatic rings. The Morgan fingerprint density at radius 3 is 3.23 bits per heavy atom. The summed E-state index contributed by atoms with van der Waals surface area (Å²) < 4.78 is 0. The Labute approximate surface area is 84.5 Å². The smallest absolute Gasteiger partial charge is 0.0662 e. The number of aromatic amines is 1. The zero-order valence-electron chi connectivity index (χ0n) is 6.84. The molecule has 13 heavy (non-hydrogen) atoms. The molecular formula is C10H7BrN2. The van der Waals surface area contributed by atoms with E-state index in [1.165, 1.54) is 0 Å². The van der Waals surface area contributed by atoms with Gasteiger partial charge in [-0.2, -0.15) is 5.10 Å². The van der Waals surface area contributed by atoms with Gasteiger partial charge in [-0.25, -0.2) is 0 Å². The third-order valence-corrected chi connectivity index (χ3v) is 2.02. The van der Waals surface area contributed by atoms with Crippen molar-refractivity contribution in [1.29, 1.82) is 0 Å². The summed E-state index contributed by atoms with van der Waals surface area (Å²) in [5.41, 5.74) is 2.04. The fourth-order valence-corrected chi connectivity index (χ4v) is 1.29. The molecular weight excluding hydrogens is 228 g/mol. The number of alkyl halides is 1. The summed E-state index contributed by atoms with van der Waals surface area (Å²) in [5, 5.41) is 8.66. The second-order valence-corrected chi connectivity index (χ2v) is 3.17. The largest absolute Gasteiger partial charge is 0.278 e. The van der Waals surface area contributed by atoms with Crippen LogP contribution in [-0.4, -0.2) is 15.5 Å². The number of hydrogen-bond acceptors (Lipinski definition) is 1. The average molecular weight is 235 g/mol. The van der Waals surface area contributed by atoms with Gasteiger partial charge in [0.2, 0.25) is 0 Å². The van der Waals surface area contributed by atoms with Crippen LogP contribution in [0, 0.1) is 11.8 Å². The Morgan fingerprint density at radius 2 is 2.38 bits per heavy atom. The van der Waals surface area contributed by atoms with Gasteiger partial charge < -0.3 is 0 Å². The number of nitrogens with one attached hydrogen (secondary N) is 1. The maximum Gasteiger partial charge on any atom is 0.0662 e. The van der Waals surface area contributed by atoms with E-state index in [2.05, 4.69) is 38.0 Å². The van der Waals surface area contributed by atoms with E-state index in [4.69, 9.17) is 0 Å². The molecule has 0 saturated carbocycles. The molecule has 0 bridgehead atoms. The van der Waals surface area contributed by atoms with Gasteiger partial charge in [0.05, 0.1) is 17.0 Å². The van der Waals surface area contributed by atoms with E-state index in [1.807, 2.05) is 18.2 Å². The van der Waals surface area contributed by atoms with Gasteiger partial charge >= 0.3 is 0 Å². The molecule has 2 aromatic rings. The molecule has 64 valence electrons. The van der Waals surface area contributed by atoms with Crippen molar-refractivity contribution >= 4 is 26.8 Å². The Kier molecular flexibility index (Phi) is 2.33. The van der Waals surface area contributed by atoms with Crippen LogP contribution in [0.25, 0.3) is 10.9 Å². The number of benzene rings is 1. The molecule has 1 aromatic carbocycles. The van der Waals surface area contributed by atoms with Crippen molar-refractivity contribution in [2.24, 2.45) is 0 Å². The Balaban J connectivity index is 2.48. The lowest BCUT2D eigenvalue weighted by molar-refractivity contribution is 1.12. The molecule has 0 fully saturated rings. The molecule has 1 heterocycles. The second kappa shape index (κ2) is 3.63. The summed E-state index contributed by atoms with van der Waals surface area (Å²) in [6.45, 7) is 0. The summed E-state index contributed by atoms with van der Waals surface area (Å²) in [4.78, 5) is 0. The minimum atomic E-state index is 0.702.